The van der Waals surface area contributed by atoms with Crippen LogP contribution in [-0.2, 0) is 24.3 Å². The molecule has 0 aliphatic carbocycles. The van der Waals surface area contributed by atoms with E-state index in [9.17, 15) is 18.0 Å². The average Bonchev–Trinajstić information content (AvgIpc) is 2.78. The Morgan fingerprint density at radius 2 is 1.62 bits per heavy atom. The molecule has 1 amide bonds. The molecule has 0 aliphatic rings. The fourth-order valence-electron chi connectivity index (χ4n) is 2.79. The number of hydrogen-bond acceptors (Lipinski definition) is 6. The van der Waals surface area contributed by atoms with Crippen molar-refractivity contribution < 1.29 is 22.7 Å². The number of nitrogens with one attached hydrogen (secondary N) is 2. The van der Waals surface area contributed by atoms with Crippen LogP contribution in [0.2, 0.25) is 0 Å². The Labute approximate surface area is 189 Å². The largest absolute Gasteiger partial charge is 0.455 e. The van der Waals surface area contributed by atoms with Crippen LogP contribution in [0, 0.1) is 6.92 Å². The lowest BCUT2D eigenvalue weighted by Crippen LogP contribution is -2.31. The molecule has 172 valence electrons. The fraction of sp³-hybridized carbons (Fsp3) is 0.304. The molecule has 2 aromatic carbocycles. The van der Waals surface area contributed by atoms with Gasteiger partial charge in [0.2, 0.25) is 10.0 Å². The lowest BCUT2D eigenvalue weighted by Gasteiger charge is -2.21. The Morgan fingerprint density at radius 1 is 1.00 bits per heavy atom. The van der Waals surface area contributed by atoms with Crippen molar-refractivity contribution in [3.05, 3.63) is 65.1 Å². The average molecular weight is 460 g/mol. The SMILES string of the molecule is CCN(CC)c1ccc(NC(=O)COC(=O)CNS(=O)(=O)/C=C/c2ccc(C)cc2)cc1. The van der Waals surface area contributed by atoms with E-state index in [1.807, 2.05) is 31.2 Å². The second-order valence-corrected chi connectivity index (χ2v) is 8.66. The zero-order valence-electron chi connectivity index (χ0n) is 18.5. The molecule has 0 aliphatic heterocycles. The number of esters is 1. The number of nitrogens with zero attached hydrogens (tertiary/aromatic N) is 1. The minimum atomic E-state index is -3.82. The molecule has 8 nitrogen and oxygen atoms in total. The van der Waals surface area contributed by atoms with Crippen molar-refractivity contribution in [1.29, 1.82) is 0 Å². The summed E-state index contributed by atoms with van der Waals surface area (Å²) in [5.41, 5.74) is 3.39. The van der Waals surface area contributed by atoms with E-state index >= 15 is 0 Å². The van der Waals surface area contributed by atoms with Gasteiger partial charge in [-0.15, -0.1) is 0 Å². The van der Waals surface area contributed by atoms with E-state index in [-0.39, 0.29) is 0 Å². The second-order valence-electron chi connectivity index (χ2n) is 7.01. The van der Waals surface area contributed by atoms with Crippen LogP contribution < -0.4 is 14.9 Å². The third-order valence-electron chi connectivity index (χ3n) is 4.58. The lowest BCUT2D eigenvalue weighted by molar-refractivity contribution is -0.146. The van der Waals surface area contributed by atoms with Gasteiger partial charge < -0.3 is 15.0 Å². The monoisotopic (exact) mass is 459 g/mol. The molecule has 0 heterocycles. The molecule has 0 spiro atoms. The maximum atomic E-state index is 12.0. The molecular formula is C23H29N3O5S. The molecule has 0 saturated carbocycles. The molecular weight excluding hydrogens is 430 g/mol. The standard InChI is InChI=1S/C23H29N3O5S/c1-4-26(5-2)21-12-10-20(11-13-21)25-22(27)17-31-23(28)16-24-32(29,30)15-14-19-8-6-18(3)7-9-19/h6-15,24H,4-5,16-17H2,1-3H3,(H,25,27)/b15-14+. The van der Waals surface area contributed by atoms with Crippen LogP contribution in [0.25, 0.3) is 6.08 Å². The Morgan fingerprint density at radius 3 is 2.22 bits per heavy atom. The quantitative estimate of drug-likeness (QED) is 0.501. The number of rotatable bonds is 11. The third kappa shape index (κ3) is 8.52. The highest BCUT2D eigenvalue weighted by molar-refractivity contribution is 7.92. The van der Waals surface area contributed by atoms with E-state index < -0.39 is 35.1 Å². The number of carbonyl (C=O) groups excluding carboxylic acids is 2. The third-order valence-corrected chi connectivity index (χ3v) is 5.62. The molecule has 0 radical (unpaired) electrons. The number of ether oxygens (including phenoxy) is 1. The summed E-state index contributed by atoms with van der Waals surface area (Å²) < 4.78 is 30.9. The van der Waals surface area contributed by atoms with Gasteiger partial charge in [0, 0.05) is 29.9 Å². The van der Waals surface area contributed by atoms with Crippen molar-refractivity contribution in [3.8, 4) is 0 Å². The van der Waals surface area contributed by atoms with Crippen LogP contribution >= 0.6 is 0 Å². The Bertz CT molecular complexity index is 1030. The zero-order valence-corrected chi connectivity index (χ0v) is 19.3. The minimum Gasteiger partial charge on any atom is -0.455 e. The van der Waals surface area contributed by atoms with Gasteiger partial charge >= 0.3 is 5.97 Å². The van der Waals surface area contributed by atoms with Crippen molar-refractivity contribution >= 4 is 39.4 Å². The van der Waals surface area contributed by atoms with Gasteiger partial charge in [-0.3, -0.25) is 9.59 Å². The van der Waals surface area contributed by atoms with E-state index in [0.29, 0.717) is 11.3 Å². The molecule has 9 heteroatoms. The topological polar surface area (TPSA) is 105 Å². The predicted molar refractivity (Wildman–Crippen MR) is 127 cm³/mol. The summed E-state index contributed by atoms with van der Waals surface area (Å²) >= 11 is 0. The van der Waals surface area contributed by atoms with E-state index in [1.165, 1.54) is 6.08 Å². The molecule has 0 saturated heterocycles. The number of benzene rings is 2. The first-order valence-corrected chi connectivity index (χ1v) is 11.8. The molecule has 0 unspecified atom stereocenters. The first kappa shape index (κ1) is 25.1. The van der Waals surface area contributed by atoms with E-state index in [4.69, 9.17) is 4.74 Å². The van der Waals surface area contributed by atoms with Gasteiger partial charge in [-0.2, -0.15) is 0 Å². The molecule has 0 fully saturated rings. The van der Waals surface area contributed by atoms with Crippen molar-refractivity contribution in [2.45, 2.75) is 20.8 Å². The highest BCUT2D eigenvalue weighted by atomic mass is 32.2. The van der Waals surface area contributed by atoms with Gasteiger partial charge in [0.25, 0.3) is 5.91 Å². The summed E-state index contributed by atoms with van der Waals surface area (Å²) in [5, 5.41) is 3.60. The molecule has 0 atom stereocenters. The van der Waals surface area contributed by atoms with Crippen molar-refractivity contribution in [1.82, 2.24) is 4.72 Å². The van der Waals surface area contributed by atoms with E-state index in [2.05, 4.69) is 28.8 Å². The van der Waals surface area contributed by atoms with Gasteiger partial charge in [0.05, 0.1) is 0 Å². The maximum absolute atomic E-state index is 12.0. The Hall–Kier alpha value is -3.17. The van der Waals surface area contributed by atoms with Crippen LogP contribution in [0.5, 0.6) is 0 Å². The van der Waals surface area contributed by atoms with Crippen LogP contribution in [0.4, 0.5) is 11.4 Å². The van der Waals surface area contributed by atoms with Crippen LogP contribution in [0.1, 0.15) is 25.0 Å². The Kier molecular flexibility index (Phi) is 9.42. The number of carbonyl (C=O) groups is 2. The van der Waals surface area contributed by atoms with Crippen molar-refractivity contribution in [2.75, 3.05) is 36.5 Å². The minimum absolute atomic E-state index is 0.516. The van der Waals surface area contributed by atoms with Crippen molar-refractivity contribution in [3.63, 3.8) is 0 Å². The zero-order chi connectivity index (χ0) is 23.6. The number of anilines is 2. The van der Waals surface area contributed by atoms with E-state index in [0.717, 1.165) is 29.7 Å². The van der Waals surface area contributed by atoms with Crippen LogP contribution in [0.3, 0.4) is 0 Å². The summed E-state index contributed by atoms with van der Waals surface area (Å²) in [5.74, 6) is -1.37. The molecule has 2 rings (SSSR count). The lowest BCUT2D eigenvalue weighted by atomic mass is 10.2. The van der Waals surface area contributed by atoms with E-state index in [1.54, 1.807) is 24.3 Å². The second kappa shape index (κ2) is 12.0. The normalized spacial score (nSPS) is 11.3. The fourth-order valence-corrected chi connectivity index (χ4v) is 3.54. The molecule has 2 aromatic rings. The number of hydrogen-bond donors (Lipinski definition) is 2. The number of amides is 1. The summed E-state index contributed by atoms with van der Waals surface area (Å²) in [6.45, 7) is 6.72. The highest BCUT2D eigenvalue weighted by Gasteiger charge is 2.12. The van der Waals surface area contributed by atoms with Crippen LogP contribution in [0.15, 0.2) is 53.9 Å². The van der Waals surface area contributed by atoms with Gasteiger partial charge in [-0.1, -0.05) is 29.8 Å². The van der Waals surface area contributed by atoms with Crippen LogP contribution in [-0.4, -0.2) is 46.5 Å². The molecule has 0 aromatic heterocycles. The number of aryl methyl sites for hydroxylation is 1. The first-order valence-electron chi connectivity index (χ1n) is 10.3. The number of sulfonamides is 1. The molecule has 32 heavy (non-hydrogen) atoms. The molecule has 2 N–H and O–H groups in total. The van der Waals surface area contributed by atoms with Gasteiger partial charge in [0.15, 0.2) is 6.61 Å². The predicted octanol–water partition coefficient (Wildman–Crippen LogP) is 2.91. The summed E-state index contributed by atoms with van der Waals surface area (Å²) in [6, 6.07) is 14.6. The highest BCUT2D eigenvalue weighted by Crippen LogP contribution is 2.17. The summed E-state index contributed by atoms with van der Waals surface area (Å²) in [7, 11) is -3.82. The first-order chi connectivity index (χ1) is 15.2. The smallest absolute Gasteiger partial charge is 0.321 e. The van der Waals surface area contributed by atoms with Gasteiger partial charge in [0.1, 0.15) is 6.54 Å². The molecule has 0 bridgehead atoms. The Balaban J connectivity index is 1.76. The van der Waals surface area contributed by atoms with Gasteiger partial charge in [-0.25, -0.2) is 13.1 Å². The maximum Gasteiger partial charge on any atom is 0.321 e. The summed E-state index contributed by atoms with van der Waals surface area (Å²) in [4.78, 5) is 25.9. The van der Waals surface area contributed by atoms with Gasteiger partial charge in [-0.05, 0) is 56.7 Å². The van der Waals surface area contributed by atoms with Crippen molar-refractivity contribution in [2.24, 2.45) is 0 Å². The summed E-state index contributed by atoms with van der Waals surface area (Å²) in [6.07, 6.45) is 1.42.